The average molecular weight is 290 g/mol. The molecule has 1 heterocycles. The van der Waals surface area contributed by atoms with E-state index in [0.29, 0.717) is 5.15 Å². The summed E-state index contributed by atoms with van der Waals surface area (Å²) in [5, 5.41) is 0.379. The Hall–Kier alpha value is -1.61. The van der Waals surface area contributed by atoms with Gasteiger partial charge in [-0.1, -0.05) is 31.0 Å². The van der Waals surface area contributed by atoms with E-state index in [2.05, 4.69) is 43.7 Å². The number of hydrogen-bond donors (Lipinski definition) is 1. The van der Waals surface area contributed by atoms with Gasteiger partial charge in [0.25, 0.3) is 0 Å². The molecule has 106 valence electrons. The van der Waals surface area contributed by atoms with Crippen LogP contribution >= 0.6 is 11.6 Å². The molecule has 4 heteroatoms. The fourth-order valence-electron chi connectivity index (χ4n) is 2.59. The van der Waals surface area contributed by atoms with E-state index in [1.54, 1.807) is 6.07 Å². The third-order valence-corrected chi connectivity index (χ3v) is 3.90. The van der Waals surface area contributed by atoms with Crippen LogP contribution in [0.5, 0.6) is 0 Å². The minimum absolute atomic E-state index is 0.213. The number of halogens is 1. The highest BCUT2D eigenvalue weighted by Crippen LogP contribution is 2.32. The summed E-state index contributed by atoms with van der Waals surface area (Å²) in [5.41, 5.74) is 12.8. The Kier molecular flexibility index (Phi) is 4.29. The molecule has 1 aromatic carbocycles. The number of aromatic nitrogens is 2. The second-order valence-corrected chi connectivity index (χ2v) is 5.55. The smallest absolute Gasteiger partial charge is 0.221 e. The molecule has 0 saturated heterocycles. The second kappa shape index (κ2) is 5.80. The van der Waals surface area contributed by atoms with Crippen molar-refractivity contribution < 1.29 is 0 Å². The first-order chi connectivity index (χ1) is 9.43. The summed E-state index contributed by atoms with van der Waals surface area (Å²) in [7, 11) is 0. The number of anilines is 1. The molecule has 0 radical (unpaired) electrons. The van der Waals surface area contributed by atoms with Crippen molar-refractivity contribution >= 4 is 17.5 Å². The van der Waals surface area contributed by atoms with Crippen molar-refractivity contribution in [1.82, 2.24) is 9.97 Å². The summed E-state index contributed by atoms with van der Waals surface area (Å²) < 4.78 is 0. The molecule has 0 atom stereocenters. The van der Waals surface area contributed by atoms with Crippen LogP contribution < -0.4 is 5.73 Å². The van der Waals surface area contributed by atoms with E-state index >= 15 is 0 Å². The molecule has 0 bridgehead atoms. The molecular weight excluding hydrogens is 270 g/mol. The van der Waals surface area contributed by atoms with E-state index in [0.717, 1.165) is 24.1 Å². The molecule has 3 nitrogen and oxygen atoms in total. The van der Waals surface area contributed by atoms with Crippen LogP contribution in [-0.2, 0) is 6.42 Å². The third-order valence-electron chi connectivity index (χ3n) is 3.70. The summed E-state index contributed by atoms with van der Waals surface area (Å²) in [6, 6.07) is 4.05. The summed E-state index contributed by atoms with van der Waals surface area (Å²) in [6.45, 7) is 8.57. The first-order valence-corrected chi connectivity index (χ1v) is 7.22. The van der Waals surface area contributed by atoms with Crippen LogP contribution in [0.3, 0.4) is 0 Å². The molecule has 0 fully saturated rings. The van der Waals surface area contributed by atoms with E-state index in [9.17, 15) is 0 Å². The van der Waals surface area contributed by atoms with Crippen LogP contribution in [0.2, 0.25) is 5.15 Å². The Morgan fingerprint density at radius 2 is 1.80 bits per heavy atom. The van der Waals surface area contributed by atoms with Crippen LogP contribution in [0.25, 0.3) is 11.3 Å². The molecule has 0 aliphatic carbocycles. The minimum atomic E-state index is 0.213. The molecule has 0 aliphatic heterocycles. The van der Waals surface area contributed by atoms with E-state index in [1.165, 1.54) is 22.3 Å². The van der Waals surface area contributed by atoms with Gasteiger partial charge in [0.1, 0.15) is 5.15 Å². The Bertz CT molecular complexity index is 630. The Morgan fingerprint density at radius 1 is 1.10 bits per heavy atom. The number of benzene rings is 1. The summed E-state index contributed by atoms with van der Waals surface area (Å²) >= 11 is 6.01. The molecule has 0 aliphatic rings. The van der Waals surface area contributed by atoms with Gasteiger partial charge in [-0.2, -0.15) is 0 Å². The number of hydrogen-bond acceptors (Lipinski definition) is 3. The number of rotatable bonds is 3. The zero-order valence-corrected chi connectivity index (χ0v) is 13.2. The van der Waals surface area contributed by atoms with Gasteiger partial charge in [0.05, 0.1) is 5.69 Å². The summed E-state index contributed by atoms with van der Waals surface area (Å²) in [5.74, 6) is 0.213. The largest absolute Gasteiger partial charge is 0.368 e. The lowest BCUT2D eigenvalue weighted by molar-refractivity contribution is 0.909. The molecule has 20 heavy (non-hydrogen) atoms. The second-order valence-electron chi connectivity index (χ2n) is 5.16. The van der Waals surface area contributed by atoms with Gasteiger partial charge in [-0.3, -0.25) is 0 Å². The number of nitrogen functional groups attached to an aromatic ring is 1. The average Bonchev–Trinajstić information content (AvgIpc) is 2.35. The monoisotopic (exact) mass is 289 g/mol. The van der Waals surface area contributed by atoms with Crippen molar-refractivity contribution in [2.24, 2.45) is 0 Å². The van der Waals surface area contributed by atoms with Gasteiger partial charge in [-0.15, -0.1) is 0 Å². The Balaban J connectivity index is 2.71. The van der Waals surface area contributed by atoms with Crippen LogP contribution in [-0.4, -0.2) is 9.97 Å². The standard InChI is InChI=1S/C16H20ClN3/c1-5-6-12-7-9(2)10(3)15(11(12)4)13-8-14(17)20-16(18)19-13/h7-8H,5-6H2,1-4H3,(H2,18,19,20). The first kappa shape index (κ1) is 14.8. The van der Waals surface area contributed by atoms with Crippen LogP contribution in [0, 0.1) is 20.8 Å². The zero-order valence-electron chi connectivity index (χ0n) is 12.4. The van der Waals surface area contributed by atoms with Crippen LogP contribution in [0.4, 0.5) is 5.95 Å². The van der Waals surface area contributed by atoms with Crippen LogP contribution in [0.15, 0.2) is 12.1 Å². The molecule has 0 unspecified atom stereocenters. The molecule has 0 spiro atoms. The van der Waals surface area contributed by atoms with Crippen molar-refractivity contribution in [3.05, 3.63) is 39.5 Å². The van der Waals surface area contributed by atoms with Gasteiger partial charge in [0.2, 0.25) is 5.95 Å². The number of aryl methyl sites for hydroxylation is 2. The molecule has 0 amide bonds. The lowest BCUT2D eigenvalue weighted by atomic mass is 9.90. The maximum absolute atomic E-state index is 6.01. The Labute approximate surface area is 125 Å². The highest BCUT2D eigenvalue weighted by atomic mass is 35.5. The summed E-state index contributed by atoms with van der Waals surface area (Å²) in [4.78, 5) is 8.28. The lowest BCUT2D eigenvalue weighted by Gasteiger charge is -2.17. The van der Waals surface area contributed by atoms with Crippen molar-refractivity contribution in [2.45, 2.75) is 40.5 Å². The van der Waals surface area contributed by atoms with Gasteiger partial charge >= 0.3 is 0 Å². The Morgan fingerprint density at radius 3 is 2.40 bits per heavy atom. The van der Waals surface area contributed by atoms with Gasteiger partial charge < -0.3 is 5.73 Å². The predicted octanol–water partition coefficient (Wildman–Crippen LogP) is 4.26. The fourth-order valence-corrected chi connectivity index (χ4v) is 2.78. The summed E-state index contributed by atoms with van der Waals surface area (Å²) in [6.07, 6.45) is 2.18. The fraction of sp³-hybridized carbons (Fsp3) is 0.375. The van der Waals surface area contributed by atoms with Crippen LogP contribution in [0.1, 0.15) is 35.6 Å². The van der Waals surface area contributed by atoms with Crippen molar-refractivity contribution in [3.63, 3.8) is 0 Å². The van der Waals surface area contributed by atoms with Crippen molar-refractivity contribution in [2.75, 3.05) is 5.73 Å². The van der Waals surface area contributed by atoms with Crippen molar-refractivity contribution in [3.8, 4) is 11.3 Å². The minimum Gasteiger partial charge on any atom is -0.368 e. The normalized spacial score (nSPS) is 10.8. The predicted molar refractivity (Wildman–Crippen MR) is 85.1 cm³/mol. The van der Waals surface area contributed by atoms with Gasteiger partial charge in [-0.25, -0.2) is 9.97 Å². The lowest BCUT2D eigenvalue weighted by Crippen LogP contribution is -2.02. The maximum Gasteiger partial charge on any atom is 0.221 e. The van der Waals surface area contributed by atoms with Gasteiger partial charge in [-0.05, 0) is 49.4 Å². The van der Waals surface area contributed by atoms with E-state index in [1.807, 2.05) is 0 Å². The molecule has 2 rings (SSSR count). The van der Waals surface area contributed by atoms with Crippen molar-refractivity contribution in [1.29, 1.82) is 0 Å². The molecule has 2 aromatic rings. The quantitative estimate of drug-likeness (QED) is 0.859. The molecular formula is C16H20ClN3. The van der Waals surface area contributed by atoms with E-state index in [-0.39, 0.29) is 5.95 Å². The van der Waals surface area contributed by atoms with E-state index in [4.69, 9.17) is 17.3 Å². The van der Waals surface area contributed by atoms with E-state index < -0.39 is 0 Å². The highest BCUT2D eigenvalue weighted by molar-refractivity contribution is 6.29. The first-order valence-electron chi connectivity index (χ1n) is 6.84. The maximum atomic E-state index is 6.01. The number of nitrogens with zero attached hydrogens (tertiary/aromatic N) is 2. The molecule has 2 N–H and O–H groups in total. The molecule has 1 aromatic heterocycles. The third kappa shape index (κ3) is 2.78. The van der Waals surface area contributed by atoms with Gasteiger partial charge in [0, 0.05) is 11.6 Å². The highest BCUT2D eigenvalue weighted by Gasteiger charge is 2.14. The SMILES string of the molecule is CCCc1cc(C)c(C)c(-c2cc(Cl)nc(N)n2)c1C. The van der Waals surface area contributed by atoms with Gasteiger partial charge in [0.15, 0.2) is 0 Å². The zero-order chi connectivity index (χ0) is 14.9. The topological polar surface area (TPSA) is 51.8 Å². The molecule has 0 saturated carbocycles. The number of nitrogens with two attached hydrogens (primary N) is 1.